The van der Waals surface area contributed by atoms with Crippen molar-refractivity contribution in [1.29, 1.82) is 0 Å². The van der Waals surface area contributed by atoms with Crippen LogP contribution in [0.25, 0.3) is 0 Å². The van der Waals surface area contributed by atoms with Crippen LogP contribution in [0.4, 0.5) is 0 Å². The summed E-state index contributed by atoms with van der Waals surface area (Å²) >= 11 is 0. The lowest BCUT2D eigenvalue weighted by molar-refractivity contribution is -0.122. The van der Waals surface area contributed by atoms with Gasteiger partial charge in [-0.05, 0) is 36.7 Å². The van der Waals surface area contributed by atoms with Crippen molar-refractivity contribution in [1.82, 2.24) is 5.32 Å². The van der Waals surface area contributed by atoms with Gasteiger partial charge in [-0.3, -0.25) is 4.79 Å². The highest BCUT2D eigenvalue weighted by molar-refractivity contribution is 5.81. The fourth-order valence-electron chi connectivity index (χ4n) is 3.08. The van der Waals surface area contributed by atoms with E-state index in [0.29, 0.717) is 12.3 Å². The van der Waals surface area contributed by atoms with Crippen LogP contribution in [-0.4, -0.2) is 18.5 Å². The summed E-state index contributed by atoms with van der Waals surface area (Å²) in [5.41, 5.74) is 7.09. The van der Waals surface area contributed by atoms with Crippen LogP contribution in [0.2, 0.25) is 0 Å². The maximum absolute atomic E-state index is 12.0. The van der Waals surface area contributed by atoms with Crippen LogP contribution < -0.4 is 11.1 Å². The van der Waals surface area contributed by atoms with E-state index in [0.717, 1.165) is 18.0 Å². The van der Waals surface area contributed by atoms with Crippen LogP contribution in [0.5, 0.6) is 0 Å². The Labute approximate surface area is 121 Å². The number of nitrogens with two attached hydrogens (primary N) is 1. The second kappa shape index (κ2) is 7.44. The van der Waals surface area contributed by atoms with Gasteiger partial charge in [0, 0.05) is 6.54 Å². The largest absolute Gasteiger partial charge is 0.354 e. The van der Waals surface area contributed by atoms with E-state index in [2.05, 4.69) is 12.2 Å². The minimum atomic E-state index is -0.446. The van der Waals surface area contributed by atoms with Gasteiger partial charge in [0.25, 0.3) is 0 Å². The monoisotopic (exact) mass is 274 g/mol. The Morgan fingerprint density at radius 1 is 1.35 bits per heavy atom. The van der Waals surface area contributed by atoms with Crippen LogP contribution in [0, 0.1) is 11.8 Å². The van der Waals surface area contributed by atoms with Crippen LogP contribution in [0.15, 0.2) is 30.3 Å². The smallest absolute Gasteiger partial charge is 0.237 e. The SMILES string of the molecule is CC1CCCC(CNC(=O)C(N)Cc2ccccc2)C1. The average molecular weight is 274 g/mol. The summed E-state index contributed by atoms with van der Waals surface area (Å²) in [7, 11) is 0. The number of rotatable bonds is 5. The molecule has 3 N–H and O–H groups in total. The van der Waals surface area contributed by atoms with Crippen molar-refractivity contribution in [3.8, 4) is 0 Å². The molecule has 1 saturated carbocycles. The van der Waals surface area contributed by atoms with Gasteiger partial charge in [-0.1, -0.05) is 50.1 Å². The average Bonchev–Trinajstić information content (AvgIpc) is 2.46. The van der Waals surface area contributed by atoms with Crippen molar-refractivity contribution in [3.05, 3.63) is 35.9 Å². The minimum absolute atomic E-state index is 0.0212. The highest BCUT2D eigenvalue weighted by atomic mass is 16.2. The Balaban J connectivity index is 1.74. The molecule has 1 aliphatic rings. The van der Waals surface area contributed by atoms with E-state index < -0.39 is 6.04 Å². The molecule has 0 aromatic heterocycles. The first-order valence-electron chi connectivity index (χ1n) is 7.72. The van der Waals surface area contributed by atoms with Gasteiger partial charge in [-0.15, -0.1) is 0 Å². The quantitative estimate of drug-likeness (QED) is 0.866. The van der Waals surface area contributed by atoms with Gasteiger partial charge in [-0.25, -0.2) is 0 Å². The summed E-state index contributed by atoms with van der Waals surface area (Å²) in [5, 5.41) is 3.03. The molecule has 3 heteroatoms. The van der Waals surface area contributed by atoms with E-state index in [1.54, 1.807) is 0 Å². The lowest BCUT2D eigenvalue weighted by atomic mass is 9.82. The lowest BCUT2D eigenvalue weighted by Crippen LogP contribution is -2.44. The van der Waals surface area contributed by atoms with Crippen LogP contribution in [0.1, 0.15) is 38.2 Å². The third kappa shape index (κ3) is 4.64. The summed E-state index contributed by atoms with van der Waals surface area (Å²) < 4.78 is 0. The predicted molar refractivity (Wildman–Crippen MR) is 82.3 cm³/mol. The third-order valence-electron chi connectivity index (χ3n) is 4.25. The normalized spacial score (nSPS) is 24.1. The molecule has 1 aromatic carbocycles. The van der Waals surface area contributed by atoms with Crippen molar-refractivity contribution >= 4 is 5.91 Å². The molecule has 3 unspecified atom stereocenters. The number of carbonyl (C=O) groups excluding carboxylic acids is 1. The number of amides is 1. The molecule has 0 aliphatic heterocycles. The second-order valence-electron chi connectivity index (χ2n) is 6.18. The van der Waals surface area contributed by atoms with E-state index in [4.69, 9.17) is 5.73 Å². The number of benzene rings is 1. The molecule has 0 bridgehead atoms. The zero-order valence-corrected chi connectivity index (χ0v) is 12.3. The van der Waals surface area contributed by atoms with Gasteiger partial charge in [0.15, 0.2) is 0 Å². The number of carbonyl (C=O) groups is 1. The van der Waals surface area contributed by atoms with Crippen molar-refractivity contribution in [2.75, 3.05) is 6.54 Å². The van der Waals surface area contributed by atoms with Gasteiger partial charge < -0.3 is 11.1 Å². The fraction of sp³-hybridized carbons (Fsp3) is 0.588. The maximum Gasteiger partial charge on any atom is 0.237 e. The number of nitrogens with one attached hydrogen (secondary N) is 1. The van der Waals surface area contributed by atoms with Crippen molar-refractivity contribution < 1.29 is 4.79 Å². The molecule has 0 radical (unpaired) electrons. The molecule has 2 rings (SSSR count). The highest BCUT2D eigenvalue weighted by Gasteiger charge is 2.20. The molecule has 1 amide bonds. The third-order valence-corrected chi connectivity index (χ3v) is 4.25. The molecule has 3 nitrogen and oxygen atoms in total. The molecule has 1 aliphatic carbocycles. The summed E-state index contributed by atoms with van der Waals surface area (Å²) in [4.78, 5) is 12.0. The van der Waals surface area contributed by atoms with E-state index in [-0.39, 0.29) is 5.91 Å². The van der Waals surface area contributed by atoms with Crippen molar-refractivity contribution in [2.45, 2.75) is 45.1 Å². The summed E-state index contributed by atoms with van der Waals surface area (Å²) in [6, 6.07) is 9.50. The Hall–Kier alpha value is -1.35. The Morgan fingerprint density at radius 3 is 2.80 bits per heavy atom. The number of hydrogen-bond acceptors (Lipinski definition) is 2. The zero-order valence-electron chi connectivity index (χ0n) is 12.3. The standard InChI is InChI=1S/C17H26N2O/c1-13-6-5-9-15(10-13)12-19-17(20)16(18)11-14-7-3-2-4-8-14/h2-4,7-8,13,15-16H,5-6,9-12,18H2,1H3,(H,19,20). The second-order valence-corrected chi connectivity index (χ2v) is 6.18. The molecule has 20 heavy (non-hydrogen) atoms. The van der Waals surface area contributed by atoms with Gasteiger partial charge in [0.1, 0.15) is 0 Å². The molecule has 0 heterocycles. The molecule has 1 aromatic rings. The van der Waals surface area contributed by atoms with E-state index >= 15 is 0 Å². The Kier molecular flexibility index (Phi) is 5.60. The van der Waals surface area contributed by atoms with Crippen LogP contribution in [0.3, 0.4) is 0 Å². The van der Waals surface area contributed by atoms with Gasteiger partial charge in [-0.2, -0.15) is 0 Å². The van der Waals surface area contributed by atoms with Gasteiger partial charge in [0.05, 0.1) is 6.04 Å². The predicted octanol–water partition coefficient (Wildman–Crippen LogP) is 2.50. The Bertz CT molecular complexity index is 418. The summed E-state index contributed by atoms with van der Waals surface area (Å²) in [5.74, 6) is 1.40. The lowest BCUT2D eigenvalue weighted by Gasteiger charge is -2.27. The molecule has 3 atom stereocenters. The molecule has 1 fully saturated rings. The van der Waals surface area contributed by atoms with E-state index in [1.807, 2.05) is 30.3 Å². The molecule has 0 saturated heterocycles. The van der Waals surface area contributed by atoms with Crippen molar-refractivity contribution in [3.63, 3.8) is 0 Å². The summed E-state index contributed by atoms with van der Waals surface area (Å²) in [6.45, 7) is 3.08. The van der Waals surface area contributed by atoms with Crippen LogP contribution >= 0.6 is 0 Å². The topological polar surface area (TPSA) is 55.1 Å². The van der Waals surface area contributed by atoms with Crippen LogP contribution in [-0.2, 0) is 11.2 Å². The first kappa shape index (κ1) is 15.0. The van der Waals surface area contributed by atoms with E-state index in [1.165, 1.54) is 25.7 Å². The van der Waals surface area contributed by atoms with E-state index in [9.17, 15) is 4.79 Å². The number of hydrogen-bond donors (Lipinski definition) is 2. The molecule has 0 spiro atoms. The van der Waals surface area contributed by atoms with Crippen molar-refractivity contribution in [2.24, 2.45) is 17.6 Å². The van der Waals surface area contributed by atoms with Gasteiger partial charge >= 0.3 is 0 Å². The highest BCUT2D eigenvalue weighted by Crippen LogP contribution is 2.27. The first-order valence-corrected chi connectivity index (χ1v) is 7.72. The maximum atomic E-state index is 12.0. The molecular weight excluding hydrogens is 248 g/mol. The zero-order chi connectivity index (χ0) is 14.4. The fourth-order valence-corrected chi connectivity index (χ4v) is 3.08. The van der Waals surface area contributed by atoms with Gasteiger partial charge in [0.2, 0.25) is 5.91 Å². The summed E-state index contributed by atoms with van der Waals surface area (Å²) in [6.07, 6.45) is 5.69. The molecular formula is C17H26N2O. The molecule has 110 valence electrons. The Morgan fingerprint density at radius 2 is 2.10 bits per heavy atom. The first-order chi connectivity index (χ1) is 9.65. The minimum Gasteiger partial charge on any atom is -0.354 e.